The molecule has 0 aliphatic heterocycles. The van der Waals surface area contributed by atoms with Crippen molar-refractivity contribution in [3.63, 3.8) is 0 Å². The van der Waals surface area contributed by atoms with Gasteiger partial charge in [0, 0.05) is 0 Å². The van der Waals surface area contributed by atoms with Crippen LogP contribution in [0.3, 0.4) is 0 Å². The minimum absolute atomic E-state index is 0.216. The van der Waals surface area contributed by atoms with Gasteiger partial charge in [0.25, 0.3) is 0 Å². The molecule has 2 aromatic carbocycles. The summed E-state index contributed by atoms with van der Waals surface area (Å²) in [6, 6.07) is 11.2. The van der Waals surface area contributed by atoms with Crippen LogP contribution in [0.4, 0.5) is 8.78 Å². The van der Waals surface area contributed by atoms with Gasteiger partial charge in [-0.15, -0.1) is 0 Å². The molecule has 0 radical (unpaired) electrons. The lowest BCUT2D eigenvalue weighted by Gasteiger charge is -2.09. The Morgan fingerprint density at radius 2 is 1.86 bits per heavy atom. The van der Waals surface area contributed by atoms with Gasteiger partial charge in [-0.3, -0.25) is 0 Å². The summed E-state index contributed by atoms with van der Waals surface area (Å²) in [5.41, 5.74) is 2.74. The molecule has 0 amide bonds. The highest BCUT2D eigenvalue weighted by atomic mass is 19.1. The van der Waals surface area contributed by atoms with Gasteiger partial charge in [0.1, 0.15) is 0 Å². The zero-order chi connectivity index (χ0) is 15.2. The molecule has 0 aliphatic rings. The molecule has 0 aromatic heterocycles. The van der Waals surface area contributed by atoms with E-state index in [1.807, 2.05) is 19.1 Å². The standard InChI is InChI=1S/C17H15F2NO/c1-12-7-8-13(11-20)10-14(12)4-3-9-21-17-15(18)5-2-6-16(17)19/h2,5-8,10H,3-4,9H2,1H3. The lowest BCUT2D eigenvalue weighted by molar-refractivity contribution is 0.280. The zero-order valence-corrected chi connectivity index (χ0v) is 11.7. The Morgan fingerprint density at radius 3 is 2.52 bits per heavy atom. The van der Waals surface area contributed by atoms with E-state index in [1.54, 1.807) is 6.07 Å². The summed E-state index contributed by atoms with van der Waals surface area (Å²) in [5.74, 6) is -1.73. The summed E-state index contributed by atoms with van der Waals surface area (Å²) in [6.45, 7) is 2.18. The van der Waals surface area contributed by atoms with Crippen molar-refractivity contribution in [2.75, 3.05) is 6.61 Å². The molecule has 21 heavy (non-hydrogen) atoms. The summed E-state index contributed by atoms with van der Waals surface area (Å²) < 4.78 is 31.9. The van der Waals surface area contributed by atoms with E-state index < -0.39 is 11.6 Å². The van der Waals surface area contributed by atoms with Crippen LogP contribution in [0.1, 0.15) is 23.1 Å². The molecule has 0 heterocycles. The topological polar surface area (TPSA) is 33.0 Å². The van der Waals surface area contributed by atoms with Crippen LogP contribution in [0.25, 0.3) is 0 Å². The fourth-order valence-corrected chi connectivity index (χ4v) is 2.07. The normalized spacial score (nSPS) is 10.2. The second-order valence-corrected chi connectivity index (χ2v) is 4.76. The number of rotatable bonds is 5. The zero-order valence-electron chi connectivity index (χ0n) is 11.7. The van der Waals surface area contributed by atoms with Crippen LogP contribution >= 0.6 is 0 Å². The summed E-state index contributed by atoms with van der Waals surface area (Å²) in [5, 5.41) is 8.88. The number of nitriles is 1. The second-order valence-electron chi connectivity index (χ2n) is 4.76. The van der Waals surface area contributed by atoms with E-state index in [9.17, 15) is 8.78 Å². The molecule has 4 heteroatoms. The van der Waals surface area contributed by atoms with Gasteiger partial charge >= 0.3 is 0 Å². The molecule has 108 valence electrons. The average molecular weight is 287 g/mol. The van der Waals surface area contributed by atoms with E-state index in [2.05, 4.69) is 6.07 Å². The number of ether oxygens (including phenoxy) is 1. The molecule has 0 saturated carbocycles. The molecule has 0 unspecified atom stereocenters. The third-order valence-corrected chi connectivity index (χ3v) is 3.23. The van der Waals surface area contributed by atoms with E-state index in [1.165, 1.54) is 18.2 Å². The first-order chi connectivity index (χ1) is 10.1. The van der Waals surface area contributed by atoms with Crippen molar-refractivity contribution in [1.82, 2.24) is 0 Å². The lowest BCUT2D eigenvalue weighted by atomic mass is 10.0. The Morgan fingerprint density at radius 1 is 1.14 bits per heavy atom. The number of aryl methyl sites for hydroxylation is 2. The molecule has 0 fully saturated rings. The van der Waals surface area contributed by atoms with Crippen molar-refractivity contribution >= 4 is 0 Å². The van der Waals surface area contributed by atoms with Gasteiger partial charge in [0.15, 0.2) is 17.4 Å². The molecule has 2 aromatic rings. The van der Waals surface area contributed by atoms with Crippen molar-refractivity contribution in [2.45, 2.75) is 19.8 Å². The molecule has 0 aliphatic carbocycles. The van der Waals surface area contributed by atoms with Crippen LogP contribution in [0.15, 0.2) is 36.4 Å². The first kappa shape index (κ1) is 15.0. The fraction of sp³-hybridized carbons (Fsp3) is 0.235. The highest BCUT2D eigenvalue weighted by molar-refractivity contribution is 5.37. The number of para-hydroxylation sites is 1. The molecule has 0 saturated heterocycles. The largest absolute Gasteiger partial charge is 0.488 e. The highest BCUT2D eigenvalue weighted by Gasteiger charge is 2.09. The van der Waals surface area contributed by atoms with Gasteiger partial charge in [-0.05, 0) is 55.2 Å². The number of halogens is 2. The molecule has 0 N–H and O–H groups in total. The van der Waals surface area contributed by atoms with Crippen LogP contribution in [-0.4, -0.2) is 6.61 Å². The number of benzene rings is 2. The summed E-state index contributed by atoms with van der Waals surface area (Å²) in [7, 11) is 0. The number of nitrogens with zero attached hydrogens (tertiary/aromatic N) is 1. The van der Waals surface area contributed by atoms with Gasteiger partial charge in [-0.2, -0.15) is 5.26 Å². The Kier molecular flexibility index (Phi) is 4.89. The van der Waals surface area contributed by atoms with E-state index in [4.69, 9.17) is 10.00 Å². The Bertz CT molecular complexity index is 657. The Labute approximate surface area is 122 Å². The molecule has 0 spiro atoms. The maximum atomic E-state index is 13.4. The van der Waals surface area contributed by atoms with Crippen LogP contribution in [0, 0.1) is 29.9 Å². The first-order valence-electron chi connectivity index (χ1n) is 6.68. The molecular weight excluding hydrogens is 272 g/mol. The third kappa shape index (κ3) is 3.79. The minimum atomic E-state index is -0.697. The maximum absolute atomic E-state index is 13.4. The summed E-state index contributed by atoms with van der Waals surface area (Å²) in [4.78, 5) is 0. The Hall–Kier alpha value is -2.41. The van der Waals surface area contributed by atoms with E-state index in [0.29, 0.717) is 18.4 Å². The van der Waals surface area contributed by atoms with Crippen molar-refractivity contribution in [2.24, 2.45) is 0 Å². The van der Waals surface area contributed by atoms with Crippen molar-refractivity contribution in [3.8, 4) is 11.8 Å². The van der Waals surface area contributed by atoms with Gasteiger partial charge in [0.05, 0.1) is 18.2 Å². The Balaban J connectivity index is 1.92. The second kappa shape index (κ2) is 6.85. The van der Waals surface area contributed by atoms with Gasteiger partial charge in [-0.25, -0.2) is 8.78 Å². The quantitative estimate of drug-likeness (QED) is 0.774. The fourth-order valence-electron chi connectivity index (χ4n) is 2.07. The third-order valence-electron chi connectivity index (χ3n) is 3.23. The SMILES string of the molecule is Cc1ccc(C#N)cc1CCCOc1c(F)cccc1F. The van der Waals surface area contributed by atoms with E-state index in [0.717, 1.165) is 11.1 Å². The van der Waals surface area contributed by atoms with E-state index in [-0.39, 0.29) is 12.4 Å². The molecule has 2 nitrogen and oxygen atoms in total. The smallest absolute Gasteiger partial charge is 0.190 e. The van der Waals surface area contributed by atoms with Gasteiger partial charge in [0.2, 0.25) is 0 Å². The summed E-state index contributed by atoms with van der Waals surface area (Å²) >= 11 is 0. The van der Waals surface area contributed by atoms with Crippen LogP contribution < -0.4 is 4.74 Å². The molecule has 0 bridgehead atoms. The minimum Gasteiger partial charge on any atom is -0.488 e. The van der Waals surface area contributed by atoms with Crippen LogP contribution in [-0.2, 0) is 6.42 Å². The predicted octanol–water partition coefficient (Wildman–Crippen LogP) is 4.16. The number of hydrogen-bond donors (Lipinski definition) is 0. The van der Waals surface area contributed by atoms with Crippen LogP contribution in [0.2, 0.25) is 0 Å². The molecule has 0 atom stereocenters. The van der Waals surface area contributed by atoms with Crippen LogP contribution in [0.5, 0.6) is 5.75 Å². The van der Waals surface area contributed by atoms with E-state index >= 15 is 0 Å². The predicted molar refractivity (Wildman–Crippen MR) is 76.1 cm³/mol. The van der Waals surface area contributed by atoms with Gasteiger partial charge in [-0.1, -0.05) is 12.1 Å². The van der Waals surface area contributed by atoms with Crippen molar-refractivity contribution < 1.29 is 13.5 Å². The molecule has 2 rings (SSSR count). The molecular formula is C17H15F2NO. The van der Waals surface area contributed by atoms with Gasteiger partial charge < -0.3 is 4.74 Å². The monoisotopic (exact) mass is 287 g/mol. The highest BCUT2D eigenvalue weighted by Crippen LogP contribution is 2.21. The lowest BCUT2D eigenvalue weighted by Crippen LogP contribution is -2.03. The first-order valence-corrected chi connectivity index (χ1v) is 6.68. The number of hydrogen-bond acceptors (Lipinski definition) is 2. The summed E-state index contributed by atoms with van der Waals surface area (Å²) in [6.07, 6.45) is 1.31. The van der Waals surface area contributed by atoms with Crippen molar-refractivity contribution in [1.29, 1.82) is 5.26 Å². The average Bonchev–Trinajstić information content (AvgIpc) is 2.47. The maximum Gasteiger partial charge on any atom is 0.190 e. The van der Waals surface area contributed by atoms with Crippen molar-refractivity contribution in [3.05, 3.63) is 64.7 Å².